The van der Waals surface area contributed by atoms with Gasteiger partial charge in [-0.2, -0.15) is 0 Å². The lowest BCUT2D eigenvalue weighted by Gasteiger charge is -2.20. The third-order valence-corrected chi connectivity index (χ3v) is 2.48. The van der Waals surface area contributed by atoms with E-state index in [-0.39, 0.29) is 5.56 Å². The minimum Gasteiger partial charge on any atom is -0.456 e. The highest BCUT2D eigenvalue weighted by Crippen LogP contribution is 2.21. The van der Waals surface area contributed by atoms with Crippen LogP contribution >= 0.6 is 15.9 Å². The van der Waals surface area contributed by atoms with Gasteiger partial charge in [0.2, 0.25) is 0 Å². The van der Waals surface area contributed by atoms with Crippen molar-refractivity contribution in [2.24, 2.45) is 0 Å². The summed E-state index contributed by atoms with van der Waals surface area (Å²) in [6.07, 6.45) is 0.642. The Kier molecular flexibility index (Phi) is 3.86. The second-order valence-corrected chi connectivity index (χ2v) is 5.18. The molecule has 0 aliphatic rings. The van der Waals surface area contributed by atoms with Crippen molar-refractivity contribution in [3.63, 3.8) is 0 Å². The molecule has 0 aliphatic carbocycles. The summed E-state index contributed by atoms with van der Waals surface area (Å²) >= 11 is 3.22. The van der Waals surface area contributed by atoms with Crippen LogP contribution in [-0.2, 0) is 4.74 Å². The van der Waals surface area contributed by atoms with Gasteiger partial charge < -0.3 is 4.74 Å². The zero-order chi connectivity index (χ0) is 12.3. The monoisotopic (exact) mass is 284 g/mol. The Bertz CT molecular complexity index is 419. The zero-order valence-corrected chi connectivity index (χ0v) is 11.0. The number of benzene rings is 1. The van der Waals surface area contributed by atoms with E-state index >= 15 is 0 Å². The van der Waals surface area contributed by atoms with Gasteiger partial charge in [0.15, 0.2) is 6.29 Å². The molecule has 0 saturated carbocycles. The highest BCUT2D eigenvalue weighted by Gasteiger charge is 2.20. The minimum atomic E-state index is -0.570. The summed E-state index contributed by atoms with van der Waals surface area (Å²) in [7, 11) is 0. The van der Waals surface area contributed by atoms with Crippen molar-refractivity contribution >= 4 is 28.2 Å². The van der Waals surface area contributed by atoms with E-state index in [1.54, 1.807) is 39.0 Å². The van der Waals surface area contributed by atoms with Gasteiger partial charge in [0.1, 0.15) is 5.60 Å². The normalized spacial score (nSPS) is 11.0. The van der Waals surface area contributed by atoms with Crippen LogP contribution in [0.4, 0.5) is 0 Å². The van der Waals surface area contributed by atoms with Crippen molar-refractivity contribution in [1.29, 1.82) is 0 Å². The van der Waals surface area contributed by atoms with Crippen molar-refractivity contribution in [2.75, 3.05) is 0 Å². The Morgan fingerprint density at radius 3 is 2.50 bits per heavy atom. The molecule has 0 bridgehead atoms. The molecule has 1 aromatic rings. The molecule has 0 N–H and O–H groups in total. The standard InChI is InChI=1S/C12H13BrO3/c1-12(2,3)16-11(15)8-5-4-6-10(13)9(8)7-14/h4-7H,1-3H3. The predicted octanol–water partition coefficient (Wildman–Crippen LogP) is 3.22. The van der Waals surface area contributed by atoms with Crippen LogP contribution in [0.15, 0.2) is 22.7 Å². The lowest BCUT2D eigenvalue weighted by Crippen LogP contribution is -2.24. The van der Waals surface area contributed by atoms with Crippen molar-refractivity contribution in [2.45, 2.75) is 26.4 Å². The van der Waals surface area contributed by atoms with Gasteiger partial charge in [-0.15, -0.1) is 0 Å². The number of halogens is 1. The molecular weight excluding hydrogens is 272 g/mol. The maximum atomic E-state index is 11.8. The molecule has 1 aromatic carbocycles. The Balaban J connectivity index is 3.09. The number of carbonyl (C=O) groups is 2. The summed E-state index contributed by atoms with van der Waals surface area (Å²) in [6, 6.07) is 4.97. The molecule has 0 aromatic heterocycles. The molecule has 0 saturated heterocycles. The molecule has 0 heterocycles. The van der Waals surface area contributed by atoms with Gasteiger partial charge in [-0.05, 0) is 32.9 Å². The van der Waals surface area contributed by atoms with Crippen LogP contribution in [0, 0.1) is 0 Å². The molecule has 4 heteroatoms. The molecule has 0 amide bonds. The first-order valence-electron chi connectivity index (χ1n) is 4.82. The molecule has 0 spiro atoms. The fourth-order valence-corrected chi connectivity index (χ4v) is 1.63. The summed E-state index contributed by atoms with van der Waals surface area (Å²) in [5, 5.41) is 0. The van der Waals surface area contributed by atoms with E-state index in [1.807, 2.05) is 0 Å². The highest BCUT2D eigenvalue weighted by atomic mass is 79.9. The quantitative estimate of drug-likeness (QED) is 0.619. The fourth-order valence-electron chi connectivity index (χ4n) is 1.17. The topological polar surface area (TPSA) is 43.4 Å². The number of carbonyl (C=O) groups excluding carboxylic acids is 2. The first kappa shape index (κ1) is 12.9. The summed E-state index contributed by atoms with van der Waals surface area (Å²) in [5.74, 6) is -0.490. The lowest BCUT2D eigenvalue weighted by molar-refractivity contribution is 0.00682. The van der Waals surface area contributed by atoms with Gasteiger partial charge in [0.05, 0.1) is 5.56 Å². The van der Waals surface area contributed by atoms with E-state index in [0.29, 0.717) is 16.3 Å². The van der Waals surface area contributed by atoms with Crippen LogP contribution in [0.1, 0.15) is 41.5 Å². The zero-order valence-electron chi connectivity index (χ0n) is 9.41. The fraction of sp³-hybridized carbons (Fsp3) is 0.333. The maximum absolute atomic E-state index is 11.8. The summed E-state index contributed by atoms with van der Waals surface area (Å²) in [5.41, 5.74) is 0.0237. The van der Waals surface area contributed by atoms with Crippen LogP contribution in [0.2, 0.25) is 0 Å². The molecule has 3 nitrogen and oxygen atoms in total. The van der Waals surface area contributed by atoms with Crippen molar-refractivity contribution in [3.05, 3.63) is 33.8 Å². The van der Waals surface area contributed by atoms with E-state index < -0.39 is 11.6 Å². The van der Waals surface area contributed by atoms with Gasteiger partial charge in [-0.3, -0.25) is 4.79 Å². The van der Waals surface area contributed by atoms with Crippen LogP contribution < -0.4 is 0 Å². The van der Waals surface area contributed by atoms with Gasteiger partial charge in [0, 0.05) is 10.0 Å². The minimum absolute atomic E-state index is 0.277. The lowest BCUT2D eigenvalue weighted by atomic mass is 10.1. The maximum Gasteiger partial charge on any atom is 0.339 e. The van der Waals surface area contributed by atoms with Crippen LogP contribution in [-0.4, -0.2) is 17.9 Å². The smallest absolute Gasteiger partial charge is 0.339 e. The number of hydrogen-bond acceptors (Lipinski definition) is 3. The third-order valence-electron chi connectivity index (χ3n) is 1.79. The summed E-state index contributed by atoms with van der Waals surface area (Å²) < 4.78 is 5.79. The van der Waals surface area contributed by atoms with Gasteiger partial charge in [0.25, 0.3) is 0 Å². The number of esters is 1. The molecule has 0 radical (unpaired) electrons. The molecule has 0 unspecified atom stereocenters. The Hall–Kier alpha value is -1.16. The van der Waals surface area contributed by atoms with E-state index in [2.05, 4.69) is 15.9 Å². The average Bonchev–Trinajstić information content (AvgIpc) is 2.14. The van der Waals surface area contributed by atoms with E-state index in [9.17, 15) is 9.59 Å². The second kappa shape index (κ2) is 4.78. The first-order valence-corrected chi connectivity index (χ1v) is 5.61. The number of rotatable bonds is 2. The predicted molar refractivity (Wildman–Crippen MR) is 64.7 cm³/mol. The molecule has 0 fully saturated rings. The number of aldehydes is 1. The van der Waals surface area contributed by atoms with Gasteiger partial charge in [-0.1, -0.05) is 22.0 Å². The summed E-state index contributed by atoms with van der Waals surface area (Å²) in [4.78, 5) is 22.7. The van der Waals surface area contributed by atoms with E-state index in [1.165, 1.54) is 0 Å². The van der Waals surface area contributed by atoms with Gasteiger partial charge >= 0.3 is 5.97 Å². The Labute approximate surface area is 103 Å². The number of ether oxygens (including phenoxy) is 1. The molecule has 16 heavy (non-hydrogen) atoms. The van der Waals surface area contributed by atoms with Crippen molar-refractivity contribution in [1.82, 2.24) is 0 Å². The average molecular weight is 285 g/mol. The Morgan fingerprint density at radius 2 is 2.00 bits per heavy atom. The van der Waals surface area contributed by atoms with Crippen molar-refractivity contribution < 1.29 is 14.3 Å². The highest BCUT2D eigenvalue weighted by molar-refractivity contribution is 9.10. The van der Waals surface area contributed by atoms with Crippen LogP contribution in [0.5, 0.6) is 0 Å². The largest absolute Gasteiger partial charge is 0.456 e. The Morgan fingerprint density at radius 1 is 1.38 bits per heavy atom. The third kappa shape index (κ3) is 3.17. The molecule has 1 rings (SSSR count). The number of hydrogen-bond donors (Lipinski definition) is 0. The van der Waals surface area contributed by atoms with Crippen LogP contribution in [0.3, 0.4) is 0 Å². The van der Waals surface area contributed by atoms with E-state index in [4.69, 9.17) is 4.74 Å². The molecular formula is C12H13BrO3. The SMILES string of the molecule is CC(C)(C)OC(=O)c1cccc(Br)c1C=O. The van der Waals surface area contributed by atoms with Crippen LogP contribution in [0.25, 0.3) is 0 Å². The summed E-state index contributed by atoms with van der Waals surface area (Å²) in [6.45, 7) is 5.34. The van der Waals surface area contributed by atoms with Crippen molar-refractivity contribution in [3.8, 4) is 0 Å². The first-order chi connectivity index (χ1) is 7.35. The second-order valence-electron chi connectivity index (χ2n) is 4.32. The molecule has 0 atom stereocenters. The van der Waals surface area contributed by atoms with E-state index in [0.717, 1.165) is 0 Å². The van der Waals surface area contributed by atoms with Gasteiger partial charge in [-0.25, -0.2) is 4.79 Å². The molecule has 86 valence electrons. The molecule has 0 aliphatic heterocycles.